The normalized spacial score (nSPS) is 20.1. The lowest BCUT2D eigenvalue weighted by Crippen LogP contribution is -2.42. The standard InChI is InChI=1S/C17H32BrNO/c1-13(2)10-17(8-6-7-9-17)15(20)19-12-14(18)11-16(3,4)5/h13-14H,6-12H2,1-5H3,(H,19,20). The Balaban J connectivity index is 2.51. The topological polar surface area (TPSA) is 29.1 Å². The Morgan fingerprint density at radius 2 is 1.80 bits per heavy atom. The molecule has 1 aliphatic carbocycles. The minimum atomic E-state index is -0.0807. The average molecular weight is 346 g/mol. The van der Waals surface area contributed by atoms with Gasteiger partial charge in [-0.05, 0) is 37.0 Å². The maximum atomic E-state index is 12.6. The number of rotatable bonds is 6. The van der Waals surface area contributed by atoms with E-state index in [-0.39, 0.29) is 5.41 Å². The zero-order chi connectivity index (χ0) is 15.4. The molecular weight excluding hydrogens is 314 g/mol. The molecule has 0 aromatic rings. The van der Waals surface area contributed by atoms with Gasteiger partial charge in [-0.2, -0.15) is 0 Å². The third kappa shape index (κ3) is 5.75. The number of halogens is 1. The average Bonchev–Trinajstić information content (AvgIpc) is 2.72. The number of hydrogen-bond acceptors (Lipinski definition) is 1. The molecule has 0 bridgehead atoms. The predicted octanol–water partition coefficient (Wildman–Crippen LogP) is 4.91. The Morgan fingerprint density at radius 1 is 1.25 bits per heavy atom. The molecule has 1 fully saturated rings. The van der Waals surface area contributed by atoms with Gasteiger partial charge in [-0.25, -0.2) is 0 Å². The van der Waals surface area contributed by atoms with E-state index in [1.807, 2.05) is 0 Å². The highest BCUT2D eigenvalue weighted by atomic mass is 79.9. The zero-order valence-electron chi connectivity index (χ0n) is 13.9. The highest BCUT2D eigenvalue weighted by molar-refractivity contribution is 9.09. The molecule has 0 radical (unpaired) electrons. The van der Waals surface area contributed by atoms with Crippen LogP contribution in [-0.2, 0) is 4.79 Å². The maximum Gasteiger partial charge on any atom is 0.226 e. The summed E-state index contributed by atoms with van der Waals surface area (Å²) in [5, 5.41) is 3.21. The van der Waals surface area contributed by atoms with Crippen molar-refractivity contribution in [3.63, 3.8) is 0 Å². The van der Waals surface area contributed by atoms with Crippen LogP contribution in [0.5, 0.6) is 0 Å². The summed E-state index contributed by atoms with van der Waals surface area (Å²) in [6, 6.07) is 0. The molecular formula is C17H32BrNO. The third-order valence-electron chi connectivity index (χ3n) is 4.16. The summed E-state index contributed by atoms with van der Waals surface area (Å²) in [6.45, 7) is 11.9. The van der Waals surface area contributed by atoms with Crippen molar-refractivity contribution in [2.45, 2.75) is 78.0 Å². The second-order valence-corrected chi connectivity index (χ2v) is 9.45. The molecule has 3 heteroatoms. The van der Waals surface area contributed by atoms with Gasteiger partial charge in [-0.3, -0.25) is 4.79 Å². The van der Waals surface area contributed by atoms with Gasteiger partial charge in [-0.1, -0.05) is 63.4 Å². The second-order valence-electron chi connectivity index (χ2n) is 8.16. The minimum absolute atomic E-state index is 0.0807. The molecule has 1 atom stereocenters. The fourth-order valence-corrected chi connectivity index (χ4v) is 4.62. The Labute approximate surface area is 133 Å². The van der Waals surface area contributed by atoms with Crippen molar-refractivity contribution in [3.05, 3.63) is 0 Å². The first kappa shape index (κ1) is 18.0. The van der Waals surface area contributed by atoms with Gasteiger partial charge in [-0.15, -0.1) is 0 Å². The fraction of sp³-hybridized carbons (Fsp3) is 0.941. The van der Waals surface area contributed by atoms with E-state index in [9.17, 15) is 4.79 Å². The molecule has 2 nitrogen and oxygen atoms in total. The highest BCUT2D eigenvalue weighted by Gasteiger charge is 2.41. The molecule has 0 spiro atoms. The Kier molecular flexibility index (Phi) is 6.56. The zero-order valence-corrected chi connectivity index (χ0v) is 15.5. The Morgan fingerprint density at radius 3 is 2.25 bits per heavy atom. The van der Waals surface area contributed by atoms with Crippen molar-refractivity contribution < 1.29 is 4.79 Å². The van der Waals surface area contributed by atoms with Gasteiger partial charge in [0.15, 0.2) is 0 Å². The molecule has 20 heavy (non-hydrogen) atoms. The number of carbonyl (C=O) groups excluding carboxylic acids is 1. The van der Waals surface area contributed by atoms with E-state index >= 15 is 0 Å². The molecule has 1 N–H and O–H groups in total. The van der Waals surface area contributed by atoms with E-state index in [1.165, 1.54) is 12.8 Å². The number of alkyl halides is 1. The van der Waals surface area contributed by atoms with E-state index in [1.54, 1.807) is 0 Å². The smallest absolute Gasteiger partial charge is 0.226 e. The molecule has 118 valence electrons. The molecule has 0 aromatic heterocycles. The molecule has 0 heterocycles. The van der Waals surface area contributed by atoms with Gasteiger partial charge in [0.25, 0.3) is 0 Å². The molecule has 1 amide bonds. The number of nitrogens with one attached hydrogen (secondary N) is 1. The van der Waals surface area contributed by atoms with Gasteiger partial charge in [0.05, 0.1) is 0 Å². The van der Waals surface area contributed by atoms with E-state index < -0.39 is 0 Å². The molecule has 1 rings (SSSR count). The van der Waals surface area contributed by atoms with Gasteiger partial charge >= 0.3 is 0 Å². The largest absolute Gasteiger partial charge is 0.354 e. The maximum absolute atomic E-state index is 12.6. The predicted molar refractivity (Wildman–Crippen MR) is 90.2 cm³/mol. The van der Waals surface area contributed by atoms with Crippen LogP contribution in [-0.4, -0.2) is 17.3 Å². The van der Waals surface area contributed by atoms with Gasteiger partial charge in [0.1, 0.15) is 0 Å². The van der Waals surface area contributed by atoms with Crippen LogP contribution in [0.1, 0.15) is 73.1 Å². The van der Waals surface area contributed by atoms with Crippen molar-refractivity contribution in [1.82, 2.24) is 5.32 Å². The first-order valence-corrected chi connectivity index (χ1v) is 8.99. The lowest BCUT2D eigenvalue weighted by molar-refractivity contribution is -0.131. The van der Waals surface area contributed by atoms with Gasteiger partial charge < -0.3 is 5.32 Å². The van der Waals surface area contributed by atoms with Crippen LogP contribution in [0.25, 0.3) is 0 Å². The summed E-state index contributed by atoms with van der Waals surface area (Å²) in [7, 11) is 0. The summed E-state index contributed by atoms with van der Waals surface area (Å²) in [6.07, 6.45) is 6.67. The summed E-state index contributed by atoms with van der Waals surface area (Å²) in [5.41, 5.74) is 0.213. The van der Waals surface area contributed by atoms with Gasteiger partial charge in [0, 0.05) is 16.8 Å². The summed E-state index contributed by atoms with van der Waals surface area (Å²) in [5.74, 6) is 0.884. The quantitative estimate of drug-likeness (QED) is 0.681. The van der Waals surface area contributed by atoms with Crippen LogP contribution >= 0.6 is 15.9 Å². The van der Waals surface area contributed by atoms with Crippen molar-refractivity contribution >= 4 is 21.8 Å². The lowest BCUT2D eigenvalue weighted by atomic mass is 9.77. The summed E-state index contributed by atoms with van der Waals surface area (Å²) >= 11 is 3.70. The van der Waals surface area contributed by atoms with E-state index in [2.05, 4.69) is 55.9 Å². The number of carbonyl (C=O) groups is 1. The summed E-state index contributed by atoms with van der Waals surface area (Å²) < 4.78 is 0. The van der Waals surface area contributed by atoms with E-state index in [0.29, 0.717) is 22.1 Å². The first-order chi connectivity index (χ1) is 9.15. The van der Waals surface area contributed by atoms with Crippen LogP contribution in [0.2, 0.25) is 0 Å². The fourth-order valence-electron chi connectivity index (χ4n) is 3.48. The third-order valence-corrected chi connectivity index (χ3v) is 4.81. The van der Waals surface area contributed by atoms with E-state index in [0.717, 1.165) is 32.2 Å². The summed E-state index contributed by atoms with van der Waals surface area (Å²) in [4.78, 5) is 13.0. The van der Waals surface area contributed by atoms with Crippen molar-refractivity contribution in [2.24, 2.45) is 16.7 Å². The number of hydrogen-bond donors (Lipinski definition) is 1. The molecule has 0 saturated heterocycles. The lowest BCUT2D eigenvalue weighted by Gasteiger charge is -2.30. The van der Waals surface area contributed by atoms with Crippen LogP contribution in [0.15, 0.2) is 0 Å². The Bertz CT molecular complexity index is 313. The molecule has 0 aliphatic heterocycles. The van der Waals surface area contributed by atoms with Crippen LogP contribution < -0.4 is 5.32 Å². The van der Waals surface area contributed by atoms with Crippen molar-refractivity contribution in [3.8, 4) is 0 Å². The van der Waals surface area contributed by atoms with Crippen LogP contribution in [0.3, 0.4) is 0 Å². The van der Waals surface area contributed by atoms with Crippen molar-refractivity contribution in [2.75, 3.05) is 6.54 Å². The monoisotopic (exact) mass is 345 g/mol. The SMILES string of the molecule is CC(C)CC1(C(=O)NCC(Br)CC(C)(C)C)CCCC1. The molecule has 1 unspecified atom stereocenters. The Hall–Kier alpha value is -0.0500. The van der Waals surface area contributed by atoms with Crippen molar-refractivity contribution in [1.29, 1.82) is 0 Å². The van der Waals surface area contributed by atoms with Crippen LogP contribution in [0, 0.1) is 16.7 Å². The molecule has 0 aromatic carbocycles. The minimum Gasteiger partial charge on any atom is -0.354 e. The first-order valence-electron chi connectivity index (χ1n) is 8.07. The second kappa shape index (κ2) is 7.29. The number of amides is 1. The molecule has 1 saturated carbocycles. The highest BCUT2D eigenvalue weighted by Crippen LogP contribution is 2.43. The molecule has 1 aliphatic rings. The van der Waals surface area contributed by atoms with Crippen LogP contribution in [0.4, 0.5) is 0 Å². The van der Waals surface area contributed by atoms with E-state index in [4.69, 9.17) is 0 Å². The van der Waals surface area contributed by atoms with Gasteiger partial charge in [0.2, 0.25) is 5.91 Å².